The molecule has 21 heavy (non-hydrogen) atoms. The van der Waals surface area contributed by atoms with Crippen LogP contribution in [-0.2, 0) is 11.3 Å². The molecule has 2 unspecified atom stereocenters. The summed E-state index contributed by atoms with van der Waals surface area (Å²) in [6, 6.07) is 3.04. The monoisotopic (exact) mass is 293 g/mol. The van der Waals surface area contributed by atoms with Gasteiger partial charge in [0.15, 0.2) is 5.82 Å². The zero-order valence-corrected chi connectivity index (χ0v) is 13.8. The summed E-state index contributed by atoms with van der Waals surface area (Å²) in [4.78, 5) is 13.9. The van der Waals surface area contributed by atoms with Gasteiger partial charge in [-0.15, -0.1) is 0 Å². The van der Waals surface area contributed by atoms with Gasteiger partial charge in [0, 0.05) is 44.9 Å². The Morgan fingerprint density at radius 1 is 1.29 bits per heavy atom. The molecule has 0 aliphatic carbocycles. The van der Waals surface area contributed by atoms with E-state index in [-0.39, 0.29) is 0 Å². The van der Waals surface area contributed by atoms with Gasteiger partial charge < -0.3 is 15.0 Å². The van der Waals surface area contributed by atoms with Gasteiger partial charge in [-0.2, -0.15) is 0 Å². The van der Waals surface area contributed by atoms with Crippen molar-refractivity contribution < 1.29 is 4.74 Å². The van der Waals surface area contributed by atoms with Gasteiger partial charge >= 0.3 is 0 Å². The van der Waals surface area contributed by atoms with Gasteiger partial charge in [-0.25, -0.2) is 9.97 Å². The second kappa shape index (κ2) is 7.04. The maximum Gasteiger partial charge on any atom is 0.158 e. The number of anilines is 2. The molecule has 1 aromatic rings. The summed E-state index contributed by atoms with van der Waals surface area (Å²) in [5.41, 5.74) is 0. The highest BCUT2D eigenvalue weighted by Crippen LogP contribution is 2.22. The molecule has 0 spiro atoms. The lowest BCUT2D eigenvalue weighted by molar-refractivity contribution is 0.128. The molecule has 1 aliphatic heterocycles. The van der Waals surface area contributed by atoms with Gasteiger partial charge in [-0.05, 0) is 27.8 Å². The van der Waals surface area contributed by atoms with Crippen LogP contribution in [0.1, 0.15) is 26.6 Å². The van der Waals surface area contributed by atoms with Crippen LogP contribution < -0.4 is 10.2 Å². The van der Waals surface area contributed by atoms with Crippen LogP contribution in [0.25, 0.3) is 0 Å². The van der Waals surface area contributed by atoms with Crippen molar-refractivity contribution in [2.75, 3.05) is 44.0 Å². The van der Waals surface area contributed by atoms with Gasteiger partial charge in [0.2, 0.25) is 0 Å². The van der Waals surface area contributed by atoms with Crippen LogP contribution in [0.2, 0.25) is 0 Å². The molecule has 6 heteroatoms. The molecule has 1 aliphatic rings. The summed E-state index contributed by atoms with van der Waals surface area (Å²) in [6.07, 6.45) is 0. The lowest BCUT2D eigenvalue weighted by atomic mass is 10.1. The number of nitrogens with one attached hydrogen (secondary N) is 1. The van der Waals surface area contributed by atoms with E-state index in [1.165, 1.54) is 0 Å². The fourth-order valence-electron chi connectivity index (χ4n) is 2.62. The van der Waals surface area contributed by atoms with E-state index in [4.69, 9.17) is 4.74 Å². The fourth-order valence-corrected chi connectivity index (χ4v) is 2.62. The van der Waals surface area contributed by atoms with E-state index in [0.717, 1.165) is 30.5 Å². The smallest absolute Gasteiger partial charge is 0.158 e. The molecule has 118 valence electrons. The Hall–Kier alpha value is -1.40. The maximum atomic E-state index is 5.44. The molecular weight excluding hydrogens is 266 g/mol. The minimum Gasteiger partial charge on any atom is -0.374 e. The normalized spacial score (nSPS) is 23.4. The Bertz CT molecular complexity index is 455. The molecule has 0 bridgehead atoms. The van der Waals surface area contributed by atoms with E-state index in [2.05, 4.69) is 46.0 Å². The SMILES string of the molecule is CCOCc1nc(NC)cc(N2CC(C)N(C)C(C)C2)n1. The summed E-state index contributed by atoms with van der Waals surface area (Å²) >= 11 is 0. The Labute approximate surface area is 127 Å². The largest absolute Gasteiger partial charge is 0.374 e. The summed E-state index contributed by atoms with van der Waals surface area (Å²) in [5, 5.41) is 3.11. The third-order valence-corrected chi connectivity index (χ3v) is 4.13. The molecule has 1 fully saturated rings. The topological polar surface area (TPSA) is 53.5 Å². The Morgan fingerprint density at radius 2 is 1.95 bits per heavy atom. The number of hydrogen-bond acceptors (Lipinski definition) is 6. The molecular formula is C15H27N5O. The first-order chi connectivity index (χ1) is 10.0. The van der Waals surface area contributed by atoms with Gasteiger partial charge in [-0.3, -0.25) is 4.90 Å². The van der Waals surface area contributed by atoms with Crippen LogP contribution in [0.3, 0.4) is 0 Å². The summed E-state index contributed by atoms with van der Waals surface area (Å²) in [6.45, 7) is 9.58. The molecule has 2 rings (SSSR count). The fraction of sp³-hybridized carbons (Fsp3) is 0.733. The summed E-state index contributed by atoms with van der Waals surface area (Å²) in [7, 11) is 4.07. The number of aromatic nitrogens is 2. The standard InChI is InChI=1S/C15H27N5O/c1-6-21-10-14-17-13(16-4)7-15(18-14)20-8-11(2)19(5)12(3)9-20/h7,11-12H,6,8-10H2,1-5H3,(H,16,17,18). The Kier molecular flexibility index (Phi) is 5.36. The van der Waals surface area contributed by atoms with E-state index in [0.29, 0.717) is 25.3 Å². The first kappa shape index (κ1) is 16.0. The predicted molar refractivity (Wildman–Crippen MR) is 85.8 cm³/mol. The summed E-state index contributed by atoms with van der Waals surface area (Å²) < 4.78 is 5.44. The highest BCUT2D eigenvalue weighted by atomic mass is 16.5. The zero-order chi connectivity index (χ0) is 15.4. The number of likely N-dealkylation sites (N-methyl/N-ethyl adjacent to an activating group) is 1. The highest BCUT2D eigenvalue weighted by Gasteiger charge is 2.27. The molecule has 2 atom stereocenters. The van der Waals surface area contributed by atoms with E-state index < -0.39 is 0 Å². The average Bonchev–Trinajstić information content (AvgIpc) is 2.49. The second-order valence-corrected chi connectivity index (χ2v) is 5.68. The molecule has 0 saturated carbocycles. The molecule has 6 nitrogen and oxygen atoms in total. The predicted octanol–water partition coefficient (Wildman–Crippen LogP) is 1.58. The zero-order valence-electron chi connectivity index (χ0n) is 13.8. The van der Waals surface area contributed by atoms with Crippen molar-refractivity contribution in [1.29, 1.82) is 0 Å². The van der Waals surface area contributed by atoms with Crippen molar-refractivity contribution >= 4 is 11.6 Å². The van der Waals surface area contributed by atoms with Crippen molar-refractivity contribution in [1.82, 2.24) is 14.9 Å². The third-order valence-electron chi connectivity index (χ3n) is 4.13. The van der Waals surface area contributed by atoms with Gasteiger partial charge in [0.05, 0.1) is 0 Å². The quantitative estimate of drug-likeness (QED) is 0.889. The van der Waals surface area contributed by atoms with Crippen molar-refractivity contribution in [2.45, 2.75) is 39.5 Å². The lowest BCUT2D eigenvalue weighted by Crippen LogP contribution is -2.55. The molecule has 0 aromatic carbocycles. The Morgan fingerprint density at radius 3 is 2.52 bits per heavy atom. The first-order valence-corrected chi connectivity index (χ1v) is 7.65. The molecule has 0 radical (unpaired) electrons. The number of hydrogen-bond donors (Lipinski definition) is 1. The van der Waals surface area contributed by atoms with Gasteiger partial charge in [0.1, 0.15) is 18.2 Å². The van der Waals surface area contributed by atoms with Crippen LogP contribution in [0.4, 0.5) is 11.6 Å². The van der Waals surface area contributed by atoms with Crippen molar-refractivity contribution in [3.63, 3.8) is 0 Å². The lowest BCUT2D eigenvalue weighted by Gasteiger charge is -2.43. The van der Waals surface area contributed by atoms with E-state index in [1.54, 1.807) is 0 Å². The molecule has 1 N–H and O–H groups in total. The van der Waals surface area contributed by atoms with Crippen LogP contribution in [0, 0.1) is 0 Å². The van der Waals surface area contributed by atoms with Crippen molar-refractivity contribution in [2.24, 2.45) is 0 Å². The van der Waals surface area contributed by atoms with Crippen LogP contribution >= 0.6 is 0 Å². The Balaban J connectivity index is 2.21. The van der Waals surface area contributed by atoms with E-state index in [9.17, 15) is 0 Å². The van der Waals surface area contributed by atoms with Crippen LogP contribution in [0.15, 0.2) is 6.07 Å². The number of ether oxygens (including phenoxy) is 1. The number of piperazine rings is 1. The van der Waals surface area contributed by atoms with E-state index in [1.807, 2.05) is 20.0 Å². The van der Waals surface area contributed by atoms with Gasteiger partial charge in [0.25, 0.3) is 0 Å². The molecule has 0 amide bonds. The number of nitrogens with zero attached hydrogens (tertiary/aromatic N) is 4. The first-order valence-electron chi connectivity index (χ1n) is 7.65. The molecule has 1 saturated heterocycles. The third kappa shape index (κ3) is 3.83. The van der Waals surface area contributed by atoms with Crippen LogP contribution in [0.5, 0.6) is 0 Å². The summed E-state index contributed by atoms with van der Waals surface area (Å²) in [5.74, 6) is 2.56. The van der Waals surface area contributed by atoms with Crippen LogP contribution in [-0.4, -0.2) is 60.7 Å². The highest BCUT2D eigenvalue weighted by molar-refractivity contribution is 5.49. The average molecular weight is 293 g/mol. The van der Waals surface area contributed by atoms with E-state index >= 15 is 0 Å². The molecule has 2 heterocycles. The van der Waals surface area contributed by atoms with Crippen molar-refractivity contribution in [3.05, 3.63) is 11.9 Å². The maximum absolute atomic E-state index is 5.44. The van der Waals surface area contributed by atoms with Crippen molar-refractivity contribution in [3.8, 4) is 0 Å². The number of rotatable bonds is 5. The minimum atomic E-state index is 0.456. The minimum absolute atomic E-state index is 0.456. The van der Waals surface area contributed by atoms with Gasteiger partial charge in [-0.1, -0.05) is 0 Å². The second-order valence-electron chi connectivity index (χ2n) is 5.68. The molecule has 1 aromatic heterocycles.